The fourth-order valence-corrected chi connectivity index (χ4v) is 4.36. The molecule has 2 aliphatic heterocycles. The van der Waals surface area contributed by atoms with Gasteiger partial charge < -0.3 is 14.5 Å². The van der Waals surface area contributed by atoms with Gasteiger partial charge in [0.25, 0.3) is 0 Å². The topological polar surface area (TPSA) is 113 Å². The number of hydrogen-bond acceptors (Lipinski definition) is 7. The maximum Gasteiger partial charge on any atom is 0.340 e. The van der Waals surface area contributed by atoms with Gasteiger partial charge in [0, 0.05) is 39.3 Å². The van der Waals surface area contributed by atoms with Crippen molar-refractivity contribution >= 4 is 27.6 Å². The van der Waals surface area contributed by atoms with E-state index >= 15 is 0 Å². The third kappa shape index (κ3) is 5.26. The fourth-order valence-electron chi connectivity index (χ4n) is 3.82. The van der Waals surface area contributed by atoms with Crippen molar-refractivity contribution in [2.24, 2.45) is 5.14 Å². The molecule has 3 rings (SSSR count). The van der Waals surface area contributed by atoms with Crippen molar-refractivity contribution in [1.82, 2.24) is 9.80 Å². The quantitative estimate of drug-likeness (QED) is 0.674. The molecule has 2 N–H and O–H groups in total. The van der Waals surface area contributed by atoms with Gasteiger partial charge in [-0.3, -0.25) is 9.69 Å². The number of rotatable bonds is 5. The van der Waals surface area contributed by atoms with E-state index in [1.807, 2.05) is 9.80 Å². The predicted octanol–water partition coefficient (Wildman–Crippen LogP) is 0.255. The molecule has 2 saturated heterocycles. The zero-order valence-corrected chi connectivity index (χ0v) is 17.5. The third-order valence-electron chi connectivity index (χ3n) is 5.48. The van der Waals surface area contributed by atoms with Crippen molar-refractivity contribution in [2.45, 2.75) is 24.2 Å². The van der Waals surface area contributed by atoms with Crippen LogP contribution >= 0.6 is 0 Å². The molecular formula is C19H28N4O5S. The van der Waals surface area contributed by atoms with E-state index in [0.717, 1.165) is 25.9 Å². The Hall–Kier alpha value is -2.17. The van der Waals surface area contributed by atoms with Crippen LogP contribution in [0.15, 0.2) is 23.1 Å². The second-order valence-corrected chi connectivity index (χ2v) is 8.98. The number of nitrogens with zero attached hydrogens (tertiary/aromatic N) is 3. The van der Waals surface area contributed by atoms with Gasteiger partial charge in [0.05, 0.1) is 29.8 Å². The highest BCUT2D eigenvalue weighted by molar-refractivity contribution is 7.89. The Morgan fingerprint density at radius 1 is 1.03 bits per heavy atom. The highest BCUT2D eigenvalue weighted by atomic mass is 32.2. The summed E-state index contributed by atoms with van der Waals surface area (Å²) in [5.74, 6) is -0.445. The Morgan fingerprint density at radius 2 is 1.69 bits per heavy atom. The van der Waals surface area contributed by atoms with Gasteiger partial charge in [0.1, 0.15) is 0 Å². The van der Waals surface area contributed by atoms with E-state index in [9.17, 15) is 18.0 Å². The summed E-state index contributed by atoms with van der Waals surface area (Å²) in [5.41, 5.74) is 0.767. The molecule has 2 fully saturated rings. The van der Waals surface area contributed by atoms with Crippen LogP contribution in [0.3, 0.4) is 0 Å². The molecule has 0 atom stereocenters. The Balaban J connectivity index is 1.67. The van der Waals surface area contributed by atoms with Crippen molar-refractivity contribution in [3.63, 3.8) is 0 Å². The number of esters is 1. The number of carbonyl (C=O) groups is 2. The molecule has 1 amide bonds. The lowest BCUT2D eigenvalue weighted by molar-refractivity contribution is -0.133. The Morgan fingerprint density at radius 3 is 2.28 bits per heavy atom. The molecule has 0 spiro atoms. The molecule has 2 heterocycles. The lowest BCUT2D eigenvalue weighted by Crippen LogP contribution is -2.51. The molecule has 0 aliphatic carbocycles. The van der Waals surface area contributed by atoms with Crippen LogP contribution in [-0.4, -0.2) is 83.0 Å². The molecule has 0 aromatic heterocycles. The number of primary sulfonamides is 1. The first kappa shape index (κ1) is 21.5. The number of piperidine rings is 1. The lowest BCUT2D eigenvalue weighted by atomic mass is 10.1. The monoisotopic (exact) mass is 424 g/mol. The first-order valence-electron chi connectivity index (χ1n) is 9.80. The van der Waals surface area contributed by atoms with Crippen LogP contribution in [0.5, 0.6) is 0 Å². The largest absolute Gasteiger partial charge is 0.465 e. The Labute approximate surface area is 171 Å². The highest BCUT2D eigenvalue weighted by Gasteiger charge is 2.26. The van der Waals surface area contributed by atoms with Gasteiger partial charge in [0.15, 0.2) is 0 Å². The van der Waals surface area contributed by atoms with Crippen molar-refractivity contribution in [3.8, 4) is 0 Å². The third-order valence-corrected chi connectivity index (χ3v) is 6.39. The van der Waals surface area contributed by atoms with E-state index in [1.165, 1.54) is 25.7 Å². The second kappa shape index (κ2) is 9.10. The number of anilines is 1. The van der Waals surface area contributed by atoms with Gasteiger partial charge in [-0.15, -0.1) is 0 Å². The summed E-state index contributed by atoms with van der Waals surface area (Å²) >= 11 is 0. The summed E-state index contributed by atoms with van der Waals surface area (Å²) in [6, 6.07) is 4.23. The van der Waals surface area contributed by atoms with E-state index in [4.69, 9.17) is 9.88 Å². The van der Waals surface area contributed by atoms with Crippen LogP contribution in [0.2, 0.25) is 0 Å². The van der Waals surface area contributed by atoms with Crippen LogP contribution < -0.4 is 10.0 Å². The van der Waals surface area contributed by atoms with Gasteiger partial charge in [-0.1, -0.05) is 0 Å². The van der Waals surface area contributed by atoms with Crippen LogP contribution in [-0.2, 0) is 19.6 Å². The minimum absolute atomic E-state index is 0.132. The number of benzene rings is 1. The number of nitrogens with two attached hydrogens (primary N) is 1. The number of piperazine rings is 1. The standard InChI is InChI=1S/C19H28N4O5S/c1-28-19(25)16-13-15(29(20,26)27)5-6-17(16)22-11-9-21(10-12-22)14-18(24)23-7-3-2-4-8-23/h5-6,13H,2-4,7-12,14H2,1H3,(H2,20,26,27). The minimum Gasteiger partial charge on any atom is -0.465 e. The zero-order valence-electron chi connectivity index (χ0n) is 16.7. The molecule has 29 heavy (non-hydrogen) atoms. The number of hydrogen-bond donors (Lipinski definition) is 1. The Bertz CT molecular complexity index is 859. The molecular weight excluding hydrogens is 396 g/mol. The minimum atomic E-state index is -3.92. The molecule has 1 aromatic carbocycles. The average molecular weight is 425 g/mol. The SMILES string of the molecule is COC(=O)c1cc(S(N)(=O)=O)ccc1N1CCN(CC(=O)N2CCCCC2)CC1. The van der Waals surface area contributed by atoms with Crippen molar-refractivity contribution in [2.75, 3.05) is 57.8 Å². The van der Waals surface area contributed by atoms with Gasteiger partial charge in [0.2, 0.25) is 15.9 Å². The van der Waals surface area contributed by atoms with Gasteiger partial charge in [-0.05, 0) is 37.5 Å². The highest BCUT2D eigenvalue weighted by Crippen LogP contribution is 2.26. The normalized spacial score (nSPS) is 18.6. The summed E-state index contributed by atoms with van der Waals surface area (Å²) in [5, 5.41) is 5.19. The van der Waals surface area contributed by atoms with Crippen molar-refractivity contribution in [1.29, 1.82) is 0 Å². The summed E-state index contributed by atoms with van der Waals surface area (Å²) in [6.07, 6.45) is 3.34. The van der Waals surface area contributed by atoms with Crippen molar-refractivity contribution in [3.05, 3.63) is 23.8 Å². The van der Waals surface area contributed by atoms with E-state index < -0.39 is 16.0 Å². The van der Waals surface area contributed by atoms with E-state index in [2.05, 4.69) is 4.90 Å². The average Bonchev–Trinajstić information content (AvgIpc) is 2.73. The van der Waals surface area contributed by atoms with E-state index in [0.29, 0.717) is 38.4 Å². The number of sulfonamides is 1. The van der Waals surface area contributed by atoms with Crippen molar-refractivity contribution < 1.29 is 22.7 Å². The smallest absolute Gasteiger partial charge is 0.340 e. The lowest BCUT2D eigenvalue weighted by Gasteiger charge is -2.37. The number of likely N-dealkylation sites (tertiary alicyclic amines) is 1. The predicted molar refractivity (Wildman–Crippen MR) is 108 cm³/mol. The van der Waals surface area contributed by atoms with Gasteiger partial charge in [-0.25, -0.2) is 18.4 Å². The number of ether oxygens (including phenoxy) is 1. The number of amides is 1. The zero-order chi connectivity index (χ0) is 21.0. The Kier molecular flexibility index (Phi) is 6.76. The molecule has 9 nitrogen and oxygen atoms in total. The molecule has 0 unspecified atom stereocenters. The molecule has 2 aliphatic rings. The van der Waals surface area contributed by atoms with Crippen LogP contribution in [0, 0.1) is 0 Å². The molecule has 0 radical (unpaired) electrons. The van der Waals surface area contributed by atoms with Crippen LogP contribution in [0.25, 0.3) is 0 Å². The van der Waals surface area contributed by atoms with Crippen LogP contribution in [0.4, 0.5) is 5.69 Å². The maximum absolute atomic E-state index is 12.5. The molecule has 10 heteroatoms. The molecule has 0 bridgehead atoms. The summed E-state index contributed by atoms with van der Waals surface area (Å²) < 4.78 is 28.1. The van der Waals surface area contributed by atoms with Gasteiger partial charge in [-0.2, -0.15) is 0 Å². The molecule has 0 saturated carbocycles. The summed E-state index contributed by atoms with van der Waals surface area (Å²) in [7, 11) is -2.67. The van der Waals surface area contributed by atoms with E-state index in [1.54, 1.807) is 6.07 Å². The summed E-state index contributed by atoms with van der Waals surface area (Å²) in [4.78, 5) is 30.6. The molecule has 160 valence electrons. The summed E-state index contributed by atoms with van der Waals surface area (Å²) in [6.45, 7) is 4.68. The maximum atomic E-state index is 12.5. The second-order valence-electron chi connectivity index (χ2n) is 7.42. The molecule has 1 aromatic rings. The fraction of sp³-hybridized carbons (Fsp3) is 0.579. The van der Waals surface area contributed by atoms with Crippen LogP contribution in [0.1, 0.15) is 29.6 Å². The van der Waals surface area contributed by atoms with E-state index in [-0.39, 0.29) is 16.4 Å². The first-order valence-corrected chi connectivity index (χ1v) is 11.3. The van der Waals surface area contributed by atoms with Gasteiger partial charge >= 0.3 is 5.97 Å². The number of carbonyl (C=O) groups excluding carboxylic acids is 2. The number of methoxy groups -OCH3 is 1. The first-order chi connectivity index (χ1) is 13.8.